The highest BCUT2D eigenvalue weighted by Gasteiger charge is 2.23. The topological polar surface area (TPSA) is 67.4 Å². The van der Waals surface area contributed by atoms with Crippen LogP contribution in [-0.2, 0) is 11.4 Å². The Balaban J connectivity index is 1.58. The molecule has 2 N–H and O–H groups in total. The molecular formula is C21H14Br2N2O3. The molecule has 3 aromatic carbocycles. The number of fused-ring (bicyclic) bond motifs is 1. The zero-order valence-electron chi connectivity index (χ0n) is 14.5. The summed E-state index contributed by atoms with van der Waals surface area (Å²) < 4.78 is 7.53. The lowest BCUT2D eigenvalue weighted by molar-refractivity contribution is -0.115. The molecule has 0 atom stereocenters. The molecule has 0 saturated carbocycles. The number of halogens is 2. The van der Waals surface area contributed by atoms with E-state index in [9.17, 15) is 9.59 Å². The Labute approximate surface area is 178 Å². The fraction of sp³-hybridized carbons (Fsp3) is 0.0476. The third kappa shape index (κ3) is 3.81. The van der Waals surface area contributed by atoms with Crippen LogP contribution in [-0.4, -0.2) is 11.9 Å². The molecular weight excluding hydrogens is 488 g/mol. The molecule has 5 nitrogen and oxygen atoms in total. The summed E-state index contributed by atoms with van der Waals surface area (Å²) >= 11 is 7.05. The van der Waals surface area contributed by atoms with Crippen molar-refractivity contribution >= 4 is 60.6 Å². The SMILES string of the molecule is O=C1NC(=O)/C(=C\c2cc(Br)c(OCc3cccc4ccccc34)c(Br)c2)N1. The van der Waals surface area contributed by atoms with Crippen molar-refractivity contribution < 1.29 is 14.3 Å². The van der Waals surface area contributed by atoms with Crippen LogP contribution >= 0.6 is 31.9 Å². The van der Waals surface area contributed by atoms with E-state index in [1.807, 2.05) is 36.4 Å². The van der Waals surface area contributed by atoms with Crippen molar-refractivity contribution in [2.24, 2.45) is 0 Å². The van der Waals surface area contributed by atoms with Gasteiger partial charge < -0.3 is 10.1 Å². The highest BCUT2D eigenvalue weighted by Crippen LogP contribution is 2.36. The highest BCUT2D eigenvalue weighted by atomic mass is 79.9. The Morgan fingerprint density at radius 1 is 0.929 bits per heavy atom. The molecule has 0 aliphatic carbocycles. The smallest absolute Gasteiger partial charge is 0.326 e. The van der Waals surface area contributed by atoms with Gasteiger partial charge >= 0.3 is 6.03 Å². The Kier molecular flexibility index (Phi) is 5.19. The summed E-state index contributed by atoms with van der Waals surface area (Å²) in [6, 6.07) is 17.4. The van der Waals surface area contributed by atoms with E-state index in [4.69, 9.17) is 4.74 Å². The number of hydrogen-bond donors (Lipinski definition) is 2. The predicted molar refractivity (Wildman–Crippen MR) is 115 cm³/mol. The summed E-state index contributed by atoms with van der Waals surface area (Å²) in [5.41, 5.74) is 2.03. The van der Waals surface area contributed by atoms with Crippen molar-refractivity contribution in [2.75, 3.05) is 0 Å². The molecule has 140 valence electrons. The minimum atomic E-state index is -0.524. The molecule has 0 aromatic heterocycles. The lowest BCUT2D eigenvalue weighted by Crippen LogP contribution is -2.22. The third-order valence-electron chi connectivity index (χ3n) is 4.30. The van der Waals surface area contributed by atoms with Gasteiger partial charge in [0.15, 0.2) is 0 Å². The van der Waals surface area contributed by atoms with Gasteiger partial charge in [0.1, 0.15) is 18.1 Å². The second-order valence-electron chi connectivity index (χ2n) is 6.21. The number of ether oxygens (including phenoxy) is 1. The van der Waals surface area contributed by atoms with E-state index in [1.54, 1.807) is 6.08 Å². The second-order valence-corrected chi connectivity index (χ2v) is 7.92. The van der Waals surface area contributed by atoms with Gasteiger partial charge in [-0.05, 0) is 72.0 Å². The van der Waals surface area contributed by atoms with Crippen LogP contribution in [0.4, 0.5) is 4.79 Å². The average molecular weight is 502 g/mol. The third-order valence-corrected chi connectivity index (χ3v) is 5.48. The van der Waals surface area contributed by atoms with Gasteiger partial charge in [-0.2, -0.15) is 0 Å². The second kappa shape index (κ2) is 7.77. The lowest BCUT2D eigenvalue weighted by Gasteiger charge is -2.13. The monoisotopic (exact) mass is 500 g/mol. The van der Waals surface area contributed by atoms with Gasteiger partial charge in [-0.15, -0.1) is 0 Å². The predicted octanol–water partition coefficient (Wildman–Crippen LogP) is 5.12. The number of hydrogen-bond acceptors (Lipinski definition) is 3. The number of nitrogens with one attached hydrogen (secondary N) is 2. The summed E-state index contributed by atoms with van der Waals surface area (Å²) in [6.45, 7) is 0.414. The average Bonchev–Trinajstić information content (AvgIpc) is 2.98. The maximum Gasteiger partial charge on any atom is 0.326 e. The minimum Gasteiger partial charge on any atom is -0.487 e. The van der Waals surface area contributed by atoms with Crippen LogP contribution in [0.25, 0.3) is 16.8 Å². The van der Waals surface area contributed by atoms with Crippen molar-refractivity contribution in [1.29, 1.82) is 0 Å². The van der Waals surface area contributed by atoms with E-state index in [2.05, 4.69) is 60.7 Å². The van der Waals surface area contributed by atoms with Gasteiger partial charge in [0.25, 0.3) is 5.91 Å². The molecule has 3 aromatic rings. The van der Waals surface area contributed by atoms with Crippen LogP contribution in [0, 0.1) is 0 Å². The van der Waals surface area contributed by atoms with E-state index in [0.717, 1.165) is 25.5 Å². The number of amides is 3. The molecule has 1 heterocycles. The van der Waals surface area contributed by atoms with Gasteiger partial charge in [0.05, 0.1) is 8.95 Å². The zero-order chi connectivity index (χ0) is 19.7. The van der Waals surface area contributed by atoms with E-state index < -0.39 is 11.9 Å². The largest absolute Gasteiger partial charge is 0.487 e. The first kappa shape index (κ1) is 18.7. The van der Waals surface area contributed by atoms with E-state index in [0.29, 0.717) is 12.4 Å². The van der Waals surface area contributed by atoms with Crippen LogP contribution in [0.1, 0.15) is 11.1 Å². The van der Waals surface area contributed by atoms with E-state index in [1.165, 1.54) is 5.39 Å². The molecule has 4 rings (SSSR count). The van der Waals surface area contributed by atoms with Crippen molar-refractivity contribution in [3.05, 3.63) is 80.4 Å². The fourth-order valence-corrected chi connectivity index (χ4v) is 4.47. The molecule has 1 fully saturated rings. The van der Waals surface area contributed by atoms with E-state index in [-0.39, 0.29) is 5.70 Å². The number of rotatable bonds is 4. The quantitative estimate of drug-likeness (QED) is 0.385. The first-order valence-corrected chi connectivity index (χ1v) is 10.0. The molecule has 0 spiro atoms. The summed E-state index contributed by atoms with van der Waals surface area (Å²) in [4.78, 5) is 22.9. The molecule has 7 heteroatoms. The van der Waals surface area contributed by atoms with Crippen molar-refractivity contribution in [3.63, 3.8) is 0 Å². The molecule has 1 aliphatic rings. The summed E-state index contributed by atoms with van der Waals surface area (Å²) in [7, 11) is 0. The Bertz CT molecular complexity index is 1110. The molecule has 0 radical (unpaired) electrons. The van der Waals surface area contributed by atoms with Gasteiger partial charge in [-0.25, -0.2) is 4.79 Å². The molecule has 28 heavy (non-hydrogen) atoms. The number of benzene rings is 3. The standard InChI is InChI=1S/C21H14Br2N2O3/c22-16-8-12(10-18-20(26)25-21(27)24-18)9-17(23)19(16)28-11-14-6-3-5-13-4-1-2-7-15(13)14/h1-10H,11H2,(H2,24,25,26,27)/b18-10+. The summed E-state index contributed by atoms with van der Waals surface area (Å²) in [5, 5.41) is 6.97. The van der Waals surface area contributed by atoms with Crippen LogP contribution in [0.15, 0.2) is 69.2 Å². The Morgan fingerprint density at radius 2 is 1.64 bits per heavy atom. The van der Waals surface area contributed by atoms with Crippen LogP contribution in [0.5, 0.6) is 5.75 Å². The maximum atomic E-state index is 11.7. The molecule has 0 unspecified atom stereocenters. The van der Waals surface area contributed by atoms with Crippen molar-refractivity contribution in [1.82, 2.24) is 10.6 Å². The van der Waals surface area contributed by atoms with Gasteiger partial charge in [-0.1, -0.05) is 42.5 Å². The van der Waals surface area contributed by atoms with E-state index >= 15 is 0 Å². The molecule has 3 amide bonds. The van der Waals surface area contributed by atoms with Gasteiger partial charge in [-0.3, -0.25) is 10.1 Å². The zero-order valence-corrected chi connectivity index (χ0v) is 17.6. The van der Waals surface area contributed by atoms with Crippen molar-refractivity contribution in [3.8, 4) is 5.75 Å². The number of carbonyl (C=O) groups is 2. The first-order chi connectivity index (χ1) is 13.5. The van der Waals surface area contributed by atoms with Crippen LogP contribution in [0.3, 0.4) is 0 Å². The molecule has 1 aliphatic heterocycles. The first-order valence-electron chi connectivity index (χ1n) is 8.44. The fourth-order valence-electron chi connectivity index (χ4n) is 3.02. The molecule has 0 bridgehead atoms. The lowest BCUT2D eigenvalue weighted by atomic mass is 10.1. The van der Waals surface area contributed by atoms with Gasteiger partial charge in [0, 0.05) is 0 Å². The van der Waals surface area contributed by atoms with Gasteiger partial charge in [0.2, 0.25) is 0 Å². The summed E-state index contributed by atoms with van der Waals surface area (Å²) in [5.74, 6) is 0.212. The number of carbonyl (C=O) groups excluding carboxylic acids is 2. The normalized spacial score (nSPS) is 15.0. The number of imide groups is 1. The number of urea groups is 1. The Morgan fingerprint density at radius 3 is 2.36 bits per heavy atom. The van der Waals surface area contributed by atoms with Crippen molar-refractivity contribution in [2.45, 2.75) is 6.61 Å². The molecule has 1 saturated heterocycles. The Hall–Kier alpha value is -2.64. The summed E-state index contributed by atoms with van der Waals surface area (Å²) in [6.07, 6.45) is 1.60. The van der Waals surface area contributed by atoms with Crippen LogP contribution in [0.2, 0.25) is 0 Å². The maximum absolute atomic E-state index is 11.7. The minimum absolute atomic E-state index is 0.202. The highest BCUT2D eigenvalue weighted by molar-refractivity contribution is 9.11. The van der Waals surface area contributed by atoms with Crippen LogP contribution < -0.4 is 15.4 Å².